The minimum Gasteiger partial charge on any atom is -0.497 e. The Labute approximate surface area is 148 Å². The number of anilines is 1. The van der Waals surface area contributed by atoms with E-state index in [1.807, 2.05) is 30.3 Å². The molecular formula is C21H22N2O2. The summed E-state index contributed by atoms with van der Waals surface area (Å²) in [5.74, 6) is 0.890. The first kappa shape index (κ1) is 15.8. The van der Waals surface area contributed by atoms with Gasteiger partial charge in [0.1, 0.15) is 11.4 Å². The third kappa shape index (κ3) is 2.17. The van der Waals surface area contributed by atoms with Crippen molar-refractivity contribution in [2.45, 2.75) is 24.9 Å². The van der Waals surface area contributed by atoms with Crippen LogP contribution in [0.1, 0.15) is 25.0 Å². The smallest absolute Gasteiger partial charge is 0.241 e. The van der Waals surface area contributed by atoms with Gasteiger partial charge in [-0.25, -0.2) is 0 Å². The van der Waals surface area contributed by atoms with Gasteiger partial charge < -0.3 is 15.0 Å². The van der Waals surface area contributed by atoms with Crippen molar-refractivity contribution in [3.8, 4) is 5.75 Å². The highest BCUT2D eigenvalue weighted by molar-refractivity contribution is 5.91. The molecule has 1 fully saturated rings. The SMILES string of the molecule is COc1ccc(/C=C/C23NC(=O)CN2c2ccccc2C3(C)C)cc1. The van der Waals surface area contributed by atoms with Crippen molar-refractivity contribution in [1.82, 2.24) is 5.32 Å². The number of methoxy groups -OCH3 is 1. The Bertz CT molecular complexity index is 854. The van der Waals surface area contributed by atoms with Crippen LogP contribution in [0.25, 0.3) is 6.08 Å². The number of nitrogens with zero attached hydrogens (tertiary/aromatic N) is 1. The number of benzene rings is 2. The van der Waals surface area contributed by atoms with Crippen LogP contribution in [-0.4, -0.2) is 25.2 Å². The van der Waals surface area contributed by atoms with E-state index in [1.165, 1.54) is 5.56 Å². The molecule has 2 aliphatic rings. The van der Waals surface area contributed by atoms with Gasteiger partial charge in [-0.15, -0.1) is 0 Å². The Morgan fingerprint density at radius 3 is 2.56 bits per heavy atom. The number of hydrogen-bond donors (Lipinski definition) is 1. The lowest BCUT2D eigenvalue weighted by molar-refractivity contribution is -0.118. The second kappa shape index (κ2) is 5.38. The third-order valence-corrected chi connectivity index (χ3v) is 5.51. The quantitative estimate of drug-likeness (QED) is 0.936. The summed E-state index contributed by atoms with van der Waals surface area (Å²) in [6, 6.07) is 16.3. The molecule has 1 atom stereocenters. The highest BCUT2D eigenvalue weighted by Gasteiger charge is 2.59. The molecule has 0 bridgehead atoms. The van der Waals surface area contributed by atoms with Gasteiger partial charge in [0, 0.05) is 11.1 Å². The summed E-state index contributed by atoms with van der Waals surface area (Å²) in [6.07, 6.45) is 4.20. The zero-order chi connectivity index (χ0) is 17.7. The van der Waals surface area contributed by atoms with Crippen molar-refractivity contribution in [3.05, 3.63) is 65.7 Å². The van der Waals surface area contributed by atoms with Crippen molar-refractivity contribution in [3.63, 3.8) is 0 Å². The minimum absolute atomic E-state index is 0.0574. The molecule has 2 aromatic rings. The second-order valence-electron chi connectivity index (χ2n) is 7.15. The molecule has 128 valence electrons. The molecule has 0 spiro atoms. The maximum atomic E-state index is 12.3. The number of fused-ring (bicyclic) bond motifs is 3. The van der Waals surface area contributed by atoms with Gasteiger partial charge in [0.25, 0.3) is 0 Å². The van der Waals surface area contributed by atoms with Gasteiger partial charge >= 0.3 is 0 Å². The lowest BCUT2D eigenvalue weighted by atomic mass is 9.75. The molecule has 4 nitrogen and oxygen atoms in total. The van der Waals surface area contributed by atoms with Gasteiger partial charge in [-0.2, -0.15) is 0 Å². The van der Waals surface area contributed by atoms with Gasteiger partial charge in [-0.05, 0) is 35.4 Å². The fourth-order valence-electron chi connectivity index (χ4n) is 4.07. The molecule has 2 heterocycles. The largest absolute Gasteiger partial charge is 0.497 e. The molecule has 1 unspecified atom stereocenters. The van der Waals surface area contributed by atoms with Crippen LogP contribution in [0, 0.1) is 0 Å². The standard InChI is InChI=1S/C21H22N2O2/c1-20(2)17-6-4-5-7-18(17)23-14-19(24)22-21(20,23)13-12-15-8-10-16(25-3)11-9-15/h4-13H,14H2,1-3H3,(H,22,24)/b13-12+. The molecule has 0 radical (unpaired) electrons. The van der Waals surface area contributed by atoms with E-state index >= 15 is 0 Å². The number of para-hydroxylation sites is 1. The number of carbonyl (C=O) groups excluding carboxylic acids is 1. The van der Waals surface area contributed by atoms with Crippen molar-refractivity contribution >= 4 is 17.7 Å². The monoisotopic (exact) mass is 334 g/mol. The van der Waals surface area contributed by atoms with Crippen LogP contribution in [0.5, 0.6) is 5.75 Å². The third-order valence-electron chi connectivity index (χ3n) is 5.51. The highest BCUT2D eigenvalue weighted by atomic mass is 16.5. The Hall–Kier alpha value is -2.75. The highest BCUT2D eigenvalue weighted by Crippen LogP contribution is 2.52. The van der Waals surface area contributed by atoms with Crippen LogP contribution in [0.15, 0.2) is 54.6 Å². The number of nitrogens with one attached hydrogen (secondary N) is 1. The molecule has 4 heteroatoms. The Morgan fingerprint density at radius 2 is 1.84 bits per heavy atom. The predicted molar refractivity (Wildman–Crippen MR) is 99.7 cm³/mol. The van der Waals surface area contributed by atoms with Crippen LogP contribution in [0.2, 0.25) is 0 Å². The predicted octanol–water partition coefficient (Wildman–Crippen LogP) is 3.33. The van der Waals surface area contributed by atoms with Gasteiger partial charge in [-0.1, -0.05) is 50.3 Å². The van der Waals surface area contributed by atoms with E-state index in [-0.39, 0.29) is 11.3 Å². The Kier molecular flexibility index (Phi) is 3.39. The van der Waals surface area contributed by atoms with Gasteiger partial charge in [0.05, 0.1) is 13.7 Å². The van der Waals surface area contributed by atoms with E-state index in [0.717, 1.165) is 17.0 Å². The van der Waals surface area contributed by atoms with Crippen LogP contribution in [-0.2, 0) is 10.2 Å². The summed E-state index contributed by atoms with van der Waals surface area (Å²) < 4.78 is 5.22. The van der Waals surface area contributed by atoms with Crippen molar-refractivity contribution in [2.75, 3.05) is 18.6 Å². The first-order chi connectivity index (χ1) is 12.0. The summed E-state index contributed by atoms with van der Waals surface area (Å²) in [7, 11) is 1.66. The molecular weight excluding hydrogens is 312 g/mol. The lowest BCUT2D eigenvalue weighted by Gasteiger charge is -2.40. The van der Waals surface area contributed by atoms with E-state index in [4.69, 9.17) is 4.74 Å². The minimum atomic E-state index is -0.548. The topological polar surface area (TPSA) is 41.6 Å². The molecule has 1 N–H and O–H groups in total. The molecule has 0 saturated carbocycles. The number of hydrogen-bond acceptors (Lipinski definition) is 3. The number of carbonyl (C=O) groups is 1. The molecule has 2 aliphatic heterocycles. The average molecular weight is 334 g/mol. The summed E-state index contributed by atoms with van der Waals surface area (Å²) in [6.45, 7) is 4.76. The number of rotatable bonds is 3. The maximum Gasteiger partial charge on any atom is 0.241 e. The van der Waals surface area contributed by atoms with E-state index in [9.17, 15) is 4.79 Å². The van der Waals surface area contributed by atoms with Crippen molar-refractivity contribution in [1.29, 1.82) is 0 Å². The number of amides is 1. The van der Waals surface area contributed by atoms with E-state index in [1.54, 1.807) is 7.11 Å². The Balaban J connectivity index is 1.78. The van der Waals surface area contributed by atoms with Gasteiger partial charge in [-0.3, -0.25) is 4.79 Å². The van der Waals surface area contributed by atoms with E-state index in [0.29, 0.717) is 6.54 Å². The Morgan fingerprint density at radius 1 is 1.12 bits per heavy atom. The van der Waals surface area contributed by atoms with E-state index in [2.05, 4.69) is 54.4 Å². The van der Waals surface area contributed by atoms with Crippen LogP contribution >= 0.6 is 0 Å². The summed E-state index contributed by atoms with van der Waals surface area (Å²) in [5.41, 5.74) is 2.68. The zero-order valence-corrected chi connectivity index (χ0v) is 14.7. The summed E-state index contributed by atoms with van der Waals surface area (Å²) >= 11 is 0. The summed E-state index contributed by atoms with van der Waals surface area (Å²) in [5, 5.41) is 3.23. The zero-order valence-electron chi connectivity index (χ0n) is 14.7. The normalized spacial score (nSPS) is 23.5. The van der Waals surface area contributed by atoms with Crippen molar-refractivity contribution < 1.29 is 9.53 Å². The molecule has 4 rings (SSSR count). The maximum absolute atomic E-state index is 12.3. The molecule has 1 saturated heterocycles. The first-order valence-corrected chi connectivity index (χ1v) is 8.49. The van der Waals surface area contributed by atoms with Gasteiger partial charge in [0.2, 0.25) is 5.91 Å². The van der Waals surface area contributed by atoms with Crippen LogP contribution in [0.4, 0.5) is 5.69 Å². The molecule has 1 amide bonds. The fourth-order valence-corrected chi connectivity index (χ4v) is 4.07. The van der Waals surface area contributed by atoms with E-state index < -0.39 is 5.66 Å². The second-order valence-corrected chi connectivity index (χ2v) is 7.15. The van der Waals surface area contributed by atoms with Crippen LogP contribution < -0.4 is 15.0 Å². The molecule has 0 aromatic heterocycles. The van der Waals surface area contributed by atoms with Gasteiger partial charge in [0.15, 0.2) is 0 Å². The lowest BCUT2D eigenvalue weighted by Crippen LogP contribution is -2.58. The van der Waals surface area contributed by atoms with Crippen molar-refractivity contribution in [2.24, 2.45) is 0 Å². The molecule has 25 heavy (non-hydrogen) atoms. The molecule has 0 aliphatic carbocycles. The fraction of sp³-hybridized carbons (Fsp3) is 0.286. The average Bonchev–Trinajstić information content (AvgIpc) is 3.05. The first-order valence-electron chi connectivity index (χ1n) is 8.49. The molecule has 2 aromatic carbocycles. The number of ether oxygens (including phenoxy) is 1. The van der Waals surface area contributed by atoms with Crippen LogP contribution in [0.3, 0.4) is 0 Å². The summed E-state index contributed by atoms with van der Waals surface area (Å²) in [4.78, 5) is 14.4.